The van der Waals surface area contributed by atoms with Crippen molar-refractivity contribution in [1.82, 2.24) is 10.2 Å². The smallest absolute Gasteiger partial charge is 0.222 e. The fraction of sp³-hybridized carbons (Fsp3) is 0.500. The molecule has 20 heavy (non-hydrogen) atoms. The van der Waals surface area contributed by atoms with Gasteiger partial charge in [-0.3, -0.25) is 4.79 Å². The molecule has 4 nitrogen and oxygen atoms in total. The molecule has 0 aromatic heterocycles. The number of carbonyl (C=O) groups excluding carboxylic acids is 1. The highest BCUT2D eigenvalue weighted by Crippen LogP contribution is 2.23. The average Bonchev–Trinajstić information content (AvgIpc) is 2.42. The highest BCUT2D eigenvalue weighted by atomic mass is 79.9. The Kier molecular flexibility index (Phi) is 10.5. The van der Waals surface area contributed by atoms with Crippen molar-refractivity contribution in [3.05, 3.63) is 28.7 Å². The van der Waals surface area contributed by atoms with Crippen molar-refractivity contribution in [3.8, 4) is 5.75 Å². The molecular weight excluding hydrogens is 344 g/mol. The molecule has 1 aromatic carbocycles. The molecule has 0 fully saturated rings. The van der Waals surface area contributed by atoms with Crippen molar-refractivity contribution in [3.63, 3.8) is 0 Å². The maximum Gasteiger partial charge on any atom is 0.222 e. The molecule has 0 aliphatic heterocycles. The lowest BCUT2D eigenvalue weighted by Crippen LogP contribution is -2.32. The first-order chi connectivity index (χ1) is 9.15. The number of carbonyl (C=O) groups is 1. The number of hydrogen-bond donors (Lipinski definition) is 1. The topological polar surface area (TPSA) is 41.6 Å². The lowest BCUT2D eigenvalue weighted by atomic mass is 10.3. The second-order valence-corrected chi connectivity index (χ2v) is 5.16. The SMILES string of the molecule is CNCCN(C)C(=O)CCCOc1ccccc1Br.Cl. The number of likely N-dealkylation sites (N-methyl/N-ethyl adjacent to an activating group) is 2. The molecular formula is C14H22BrClN2O2. The lowest BCUT2D eigenvalue weighted by Gasteiger charge is -2.16. The molecule has 0 aliphatic rings. The first-order valence-electron chi connectivity index (χ1n) is 6.41. The van der Waals surface area contributed by atoms with Gasteiger partial charge in [0.15, 0.2) is 0 Å². The fourth-order valence-electron chi connectivity index (χ4n) is 1.56. The zero-order chi connectivity index (χ0) is 14.1. The van der Waals surface area contributed by atoms with Crippen LogP contribution in [0.15, 0.2) is 28.7 Å². The summed E-state index contributed by atoms with van der Waals surface area (Å²) >= 11 is 3.42. The van der Waals surface area contributed by atoms with Crippen molar-refractivity contribution in [1.29, 1.82) is 0 Å². The van der Waals surface area contributed by atoms with Crippen molar-refractivity contribution < 1.29 is 9.53 Å². The number of ether oxygens (including phenoxy) is 1. The third-order valence-corrected chi connectivity index (χ3v) is 3.41. The van der Waals surface area contributed by atoms with Gasteiger partial charge < -0.3 is 15.0 Å². The Labute approximate surface area is 135 Å². The predicted molar refractivity (Wildman–Crippen MR) is 87.7 cm³/mol. The third kappa shape index (κ3) is 7.12. The summed E-state index contributed by atoms with van der Waals surface area (Å²) in [5.74, 6) is 0.976. The van der Waals surface area contributed by atoms with Gasteiger partial charge in [0.1, 0.15) is 5.75 Å². The Balaban J connectivity index is 0.00000361. The van der Waals surface area contributed by atoms with E-state index in [1.54, 1.807) is 4.90 Å². The van der Waals surface area contributed by atoms with E-state index >= 15 is 0 Å². The van der Waals surface area contributed by atoms with Gasteiger partial charge in [-0.2, -0.15) is 0 Å². The number of amides is 1. The Bertz CT molecular complexity index is 405. The number of rotatable bonds is 8. The van der Waals surface area contributed by atoms with E-state index in [2.05, 4.69) is 21.2 Å². The van der Waals surface area contributed by atoms with E-state index in [0.717, 1.165) is 29.7 Å². The summed E-state index contributed by atoms with van der Waals surface area (Å²) < 4.78 is 6.56. The van der Waals surface area contributed by atoms with Crippen LogP contribution in [0.3, 0.4) is 0 Å². The Hall–Kier alpha value is -0.780. The van der Waals surface area contributed by atoms with E-state index in [0.29, 0.717) is 13.0 Å². The lowest BCUT2D eigenvalue weighted by molar-refractivity contribution is -0.130. The molecule has 0 aliphatic carbocycles. The van der Waals surface area contributed by atoms with Gasteiger partial charge in [0.25, 0.3) is 0 Å². The van der Waals surface area contributed by atoms with Crippen LogP contribution in [0.4, 0.5) is 0 Å². The number of para-hydroxylation sites is 1. The molecule has 0 heterocycles. The Morgan fingerprint density at radius 2 is 2.10 bits per heavy atom. The van der Waals surface area contributed by atoms with Crippen LogP contribution in [-0.4, -0.2) is 44.6 Å². The zero-order valence-corrected chi connectivity index (χ0v) is 14.3. The normalized spacial score (nSPS) is 9.75. The largest absolute Gasteiger partial charge is 0.492 e. The van der Waals surface area contributed by atoms with Crippen LogP contribution in [0, 0.1) is 0 Å². The van der Waals surface area contributed by atoms with Crippen LogP contribution in [0.25, 0.3) is 0 Å². The second-order valence-electron chi connectivity index (χ2n) is 4.30. The molecule has 6 heteroatoms. The molecule has 1 aromatic rings. The van der Waals surface area contributed by atoms with Crippen LogP contribution in [0.2, 0.25) is 0 Å². The van der Waals surface area contributed by atoms with E-state index in [1.807, 2.05) is 38.4 Å². The van der Waals surface area contributed by atoms with E-state index < -0.39 is 0 Å². The van der Waals surface area contributed by atoms with Crippen molar-refractivity contribution >= 4 is 34.2 Å². The summed E-state index contributed by atoms with van der Waals surface area (Å²) in [5.41, 5.74) is 0. The monoisotopic (exact) mass is 364 g/mol. The van der Waals surface area contributed by atoms with Gasteiger partial charge in [-0.25, -0.2) is 0 Å². The highest BCUT2D eigenvalue weighted by Gasteiger charge is 2.07. The molecule has 1 N–H and O–H groups in total. The average molecular weight is 366 g/mol. The molecule has 114 valence electrons. The summed E-state index contributed by atoms with van der Waals surface area (Å²) in [6.07, 6.45) is 1.24. The van der Waals surface area contributed by atoms with Gasteiger partial charge in [-0.1, -0.05) is 12.1 Å². The fourth-order valence-corrected chi connectivity index (χ4v) is 1.96. The Morgan fingerprint density at radius 3 is 2.75 bits per heavy atom. The third-order valence-electron chi connectivity index (χ3n) is 2.75. The minimum atomic E-state index is 0. The summed E-state index contributed by atoms with van der Waals surface area (Å²) in [6, 6.07) is 7.71. The van der Waals surface area contributed by atoms with Crippen LogP contribution >= 0.6 is 28.3 Å². The van der Waals surface area contributed by atoms with Crippen molar-refractivity contribution in [2.45, 2.75) is 12.8 Å². The molecule has 0 spiro atoms. The van der Waals surface area contributed by atoms with Crippen LogP contribution < -0.4 is 10.1 Å². The molecule has 0 unspecified atom stereocenters. The summed E-state index contributed by atoms with van der Waals surface area (Å²) in [7, 11) is 3.71. The molecule has 0 saturated heterocycles. The first kappa shape index (κ1) is 19.2. The maximum atomic E-state index is 11.8. The highest BCUT2D eigenvalue weighted by molar-refractivity contribution is 9.10. The number of nitrogens with zero attached hydrogens (tertiary/aromatic N) is 1. The predicted octanol–water partition coefficient (Wildman–Crippen LogP) is 2.71. The van der Waals surface area contributed by atoms with Gasteiger partial charge in [0.05, 0.1) is 11.1 Å². The van der Waals surface area contributed by atoms with E-state index in [9.17, 15) is 4.79 Å². The number of halogens is 2. The maximum absolute atomic E-state index is 11.8. The van der Waals surface area contributed by atoms with Gasteiger partial charge in [-0.15, -0.1) is 12.4 Å². The van der Waals surface area contributed by atoms with Crippen molar-refractivity contribution in [2.75, 3.05) is 33.8 Å². The standard InChI is InChI=1S/C14H21BrN2O2.ClH/c1-16-9-10-17(2)14(18)8-5-11-19-13-7-4-3-6-12(13)15;/h3-4,6-7,16H,5,8-11H2,1-2H3;1H. The molecule has 0 bridgehead atoms. The summed E-state index contributed by atoms with van der Waals surface area (Å²) in [5, 5.41) is 3.02. The van der Waals surface area contributed by atoms with Gasteiger partial charge >= 0.3 is 0 Å². The second kappa shape index (κ2) is 10.9. The van der Waals surface area contributed by atoms with E-state index in [1.165, 1.54) is 0 Å². The number of nitrogens with one attached hydrogen (secondary N) is 1. The van der Waals surface area contributed by atoms with Gasteiger partial charge in [0, 0.05) is 26.6 Å². The summed E-state index contributed by atoms with van der Waals surface area (Å²) in [4.78, 5) is 13.5. The molecule has 0 atom stereocenters. The minimum Gasteiger partial charge on any atom is -0.492 e. The van der Waals surface area contributed by atoms with Crippen LogP contribution in [-0.2, 0) is 4.79 Å². The van der Waals surface area contributed by atoms with E-state index in [4.69, 9.17) is 4.74 Å². The Morgan fingerprint density at radius 1 is 1.40 bits per heavy atom. The number of benzene rings is 1. The molecule has 1 rings (SSSR count). The molecule has 1 amide bonds. The minimum absolute atomic E-state index is 0. The molecule has 0 radical (unpaired) electrons. The zero-order valence-electron chi connectivity index (χ0n) is 11.9. The number of hydrogen-bond acceptors (Lipinski definition) is 3. The van der Waals surface area contributed by atoms with Crippen molar-refractivity contribution in [2.24, 2.45) is 0 Å². The van der Waals surface area contributed by atoms with Crippen LogP contribution in [0.1, 0.15) is 12.8 Å². The van der Waals surface area contributed by atoms with Gasteiger partial charge in [0.2, 0.25) is 5.91 Å². The van der Waals surface area contributed by atoms with Crippen LogP contribution in [0.5, 0.6) is 5.75 Å². The quantitative estimate of drug-likeness (QED) is 0.720. The van der Waals surface area contributed by atoms with Gasteiger partial charge in [-0.05, 0) is 41.5 Å². The first-order valence-corrected chi connectivity index (χ1v) is 7.20. The molecule has 0 saturated carbocycles. The van der Waals surface area contributed by atoms with E-state index in [-0.39, 0.29) is 18.3 Å². The summed E-state index contributed by atoms with van der Waals surface area (Å²) in [6.45, 7) is 2.10.